The fourth-order valence-electron chi connectivity index (χ4n) is 2.70. The van der Waals surface area contributed by atoms with Crippen molar-refractivity contribution in [1.29, 1.82) is 0 Å². The maximum absolute atomic E-state index is 9.13. The van der Waals surface area contributed by atoms with Crippen molar-refractivity contribution in [2.24, 2.45) is 11.1 Å². The van der Waals surface area contributed by atoms with Crippen molar-refractivity contribution < 1.29 is 9.84 Å². The molecular weight excluding hydrogens is 204 g/mol. The lowest BCUT2D eigenvalue weighted by Crippen LogP contribution is -2.50. The molecule has 1 aliphatic carbocycles. The molecule has 1 unspecified atom stereocenters. The lowest BCUT2D eigenvalue weighted by Gasteiger charge is -2.42. The summed E-state index contributed by atoms with van der Waals surface area (Å²) in [6.07, 6.45) is 4.96. The minimum atomic E-state index is 0.144. The summed E-state index contributed by atoms with van der Waals surface area (Å²) in [5.74, 6) is 0. The van der Waals surface area contributed by atoms with Crippen molar-refractivity contribution in [3.8, 4) is 0 Å². The Morgan fingerprint density at radius 3 is 2.69 bits per heavy atom. The van der Waals surface area contributed by atoms with Crippen molar-refractivity contribution in [3.05, 3.63) is 0 Å². The Hall–Kier alpha value is -0.160. The smallest absolute Gasteiger partial charge is 0.0558 e. The molecule has 3 N–H and O–H groups in total. The number of hydrogen-bond donors (Lipinski definition) is 2. The zero-order valence-electron chi connectivity index (χ0n) is 10.0. The molecule has 0 aromatic carbocycles. The number of aliphatic hydroxyl groups is 1. The molecule has 2 fully saturated rings. The number of nitrogens with zero attached hydrogens (tertiary/aromatic N) is 1. The average molecular weight is 228 g/mol. The first-order valence-corrected chi connectivity index (χ1v) is 6.42. The predicted octanol–water partition coefficient (Wildman–Crippen LogP) is 0.199. The van der Waals surface area contributed by atoms with Crippen molar-refractivity contribution in [2.45, 2.75) is 31.7 Å². The molecule has 1 saturated carbocycles. The molecule has 1 aliphatic heterocycles. The summed E-state index contributed by atoms with van der Waals surface area (Å²) in [6.45, 7) is 4.35. The Bertz CT molecular complexity index is 213. The Morgan fingerprint density at radius 2 is 2.25 bits per heavy atom. The Labute approximate surface area is 97.7 Å². The molecular formula is C12H24N2O2. The number of ether oxygens (including phenoxy) is 1. The zero-order chi connectivity index (χ0) is 11.4. The molecule has 1 saturated heterocycles. The highest BCUT2D eigenvalue weighted by atomic mass is 16.5. The molecule has 1 atom stereocenters. The minimum absolute atomic E-state index is 0.144. The SMILES string of the molecule is NCC1(CN(CCO)C2CCC2)CCOC1. The maximum atomic E-state index is 9.13. The van der Waals surface area contributed by atoms with Crippen molar-refractivity contribution in [1.82, 2.24) is 4.90 Å². The molecule has 1 heterocycles. The summed E-state index contributed by atoms with van der Waals surface area (Å²) in [4.78, 5) is 2.42. The van der Waals surface area contributed by atoms with Crippen LogP contribution in [0.15, 0.2) is 0 Å². The molecule has 0 amide bonds. The molecule has 4 nitrogen and oxygen atoms in total. The van der Waals surface area contributed by atoms with Crippen LogP contribution in [0.25, 0.3) is 0 Å². The number of nitrogens with two attached hydrogens (primary N) is 1. The van der Waals surface area contributed by atoms with Gasteiger partial charge in [-0.25, -0.2) is 0 Å². The number of hydrogen-bond acceptors (Lipinski definition) is 4. The van der Waals surface area contributed by atoms with Gasteiger partial charge in [0.2, 0.25) is 0 Å². The van der Waals surface area contributed by atoms with E-state index in [-0.39, 0.29) is 12.0 Å². The second kappa shape index (κ2) is 5.45. The summed E-state index contributed by atoms with van der Waals surface area (Å²) < 4.78 is 5.49. The molecule has 94 valence electrons. The van der Waals surface area contributed by atoms with E-state index in [1.807, 2.05) is 0 Å². The zero-order valence-corrected chi connectivity index (χ0v) is 10.0. The van der Waals surface area contributed by atoms with Gasteiger partial charge in [-0.05, 0) is 19.3 Å². The van der Waals surface area contributed by atoms with Gasteiger partial charge in [-0.3, -0.25) is 4.90 Å². The predicted molar refractivity (Wildman–Crippen MR) is 63.2 cm³/mol. The highest BCUT2D eigenvalue weighted by Crippen LogP contribution is 2.32. The molecule has 0 aromatic heterocycles. The third-order valence-corrected chi connectivity index (χ3v) is 4.13. The van der Waals surface area contributed by atoms with Crippen LogP contribution in [-0.2, 0) is 4.74 Å². The standard InChI is InChI=1S/C12H24N2O2/c13-8-12(4-7-16-10-12)9-14(5-6-15)11-2-1-3-11/h11,15H,1-10,13H2. The molecule has 16 heavy (non-hydrogen) atoms. The minimum Gasteiger partial charge on any atom is -0.395 e. The first kappa shape index (κ1) is 12.3. The van der Waals surface area contributed by atoms with Gasteiger partial charge in [0.25, 0.3) is 0 Å². The van der Waals surface area contributed by atoms with Crippen molar-refractivity contribution >= 4 is 0 Å². The van der Waals surface area contributed by atoms with E-state index < -0.39 is 0 Å². The van der Waals surface area contributed by atoms with Crippen LogP contribution < -0.4 is 5.73 Å². The van der Waals surface area contributed by atoms with Gasteiger partial charge in [0, 0.05) is 37.7 Å². The molecule has 4 heteroatoms. The molecule has 2 aliphatic rings. The molecule has 0 bridgehead atoms. The van der Waals surface area contributed by atoms with E-state index in [9.17, 15) is 0 Å². The van der Waals surface area contributed by atoms with Gasteiger partial charge in [-0.1, -0.05) is 6.42 Å². The summed E-state index contributed by atoms with van der Waals surface area (Å²) in [6, 6.07) is 0.677. The third kappa shape index (κ3) is 2.56. The summed E-state index contributed by atoms with van der Waals surface area (Å²) in [7, 11) is 0. The van der Waals surface area contributed by atoms with Crippen LogP contribution in [0.5, 0.6) is 0 Å². The molecule has 0 radical (unpaired) electrons. The number of rotatable bonds is 6. The van der Waals surface area contributed by atoms with Crippen LogP contribution in [0.2, 0.25) is 0 Å². The lowest BCUT2D eigenvalue weighted by molar-refractivity contribution is 0.0479. The monoisotopic (exact) mass is 228 g/mol. The van der Waals surface area contributed by atoms with E-state index in [2.05, 4.69) is 4.90 Å². The summed E-state index contributed by atoms with van der Waals surface area (Å²) in [5, 5.41) is 9.13. The molecule has 0 aromatic rings. The van der Waals surface area contributed by atoms with Crippen LogP contribution in [-0.4, -0.2) is 55.5 Å². The largest absolute Gasteiger partial charge is 0.395 e. The van der Waals surface area contributed by atoms with E-state index in [0.717, 1.165) is 32.7 Å². The molecule has 2 rings (SSSR count). The Morgan fingerprint density at radius 1 is 1.44 bits per heavy atom. The highest BCUT2D eigenvalue weighted by Gasteiger charge is 2.37. The normalized spacial score (nSPS) is 30.9. The van der Waals surface area contributed by atoms with Gasteiger partial charge in [-0.2, -0.15) is 0 Å². The van der Waals surface area contributed by atoms with Gasteiger partial charge in [0.1, 0.15) is 0 Å². The van der Waals surface area contributed by atoms with E-state index in [1.54, 1.807) is 0 Å². The van der Waals surface area contributed by atoms with Crippen molar-refractivity contribution in [2.75, 3.05) is 39.5 Å². The van der Waals surface area contributed by atoms with E-state index in [0.29, 0.717) is 12.6 Å². The van der Waals surface area contributed by atoms with E-state index in [4.69, 9.17) is 15.6 Å². The third-order valence-electron chi connectivity index (χ3n) is 4.13. The fourth-order valence-corrected chi connectivity index (χ4v) is 2.70. The molecule has 0 spiro atoms. The van der Waals surface area contributed by atoms with Crippen molar-refractivity contribution in [3.63, 3.8) is 0 Å². The average Bonchev–Trinajstić information content (AvgIpc) is 2.65. The summed E-state index contributed by atoms with van der Waals surface area (Å²) in [5.41, 5.74) is 6.05. The first-order valence-electron chi connectivity index (χ1n) is 6.42. The van der Waals surface area contributed by atoms with Gasteiger partial charge >= 0.3 is 0 Å². The quantitative estimate of drug-likeness (QED) is 0.682. The lowest BCUT2D eigenvalue weighted by atomic mass is 9.84. The first-order chi connectivity index (χ1) is 7.79. The topological polar surface area (TPSA) is 58.7 Å². The fraction of sp³-hybridized carbons (Fsp3) is 1.00. The van der Waals surface area contributed by atoms with Crippen LogP contribution in [0.3, 0.4) is 0 Å². The van der Waals surface area contributed by atoms with Gasteiger partial charge in [0.05, 0.1) is 13.2 Å². The Balaban J connectivity index is 1.92. The van der Waals surface area contributed by atoms with Crippen LogP contribution in [0.4, 0.5) is 0 Å². The maximum Gasteiger partial charge on any atom is 0.0558 e. The van der Waals surface area contributed by atoms with E-state index in [1.165, 1.54) is 19.3 Å². The highest BCUT2D eigenvalue weighted by molar-refractivity contribution is 4.91. The van der Waals surface area contributed by atoms with Crippen LogP contribution >= 0.6 is 0 Å². The van der Waals surface area contributed by atoms with Crippen LogP contribution in [0, 0.1) is 5.41 Å². The second-order valence-corrected chi connectivity index (χ2v) is 5.29. The van der Waals surface area contributed by atoms with Gasteiger partial charge < -0.3 is 15.6 Å². The second-order valence-electron chi connectivity index (χ2n) is 5.29. The number of aliphatic hydroxyl groups excluding tert-OH is 1. The van der Waals surface area contributed by atoms with Gasteiger partial charge in [-0.15, -0.1) is 0 Å². The summed E-state index contributed by atoms with van der Waals surface area (Å²) >= 11 is 0. The Kier molecular flexibility index (Phi) is 4.19. The van der Waals surface area contributed by atoms with Crippen LogP contribution in [0.1, 0.15) is 25.7 Å². The van der Waals surface area contributed by atoms with Gasteiger partial charge in [0.15, 0.2) is 0 Å². The van der Waals surface area contributed by atoms with E-state index >= 15 is 0 Å².